The van der Waals surface area contributed by atoms with Gasteiger partial charge in [-0.25, -0.2) is 14.6 Å². The number of aliphatic hydroxyl groups excluding tert-OH is 1. The van der Waals surface area contributed by atoms with E-state index >= 15 is 0 Å². The van der Waals surface area contributed by atoms with Crippen molar-refractivity contribution in [2.75, 3.05) is 24.5 Å². The van der Waals surface area contributed by atoms with E-state index in [1.807, 2.05) is 21.8 Å². The number of anilines is 1. The summed E-state index contributed by atoms with van der Waals surface area (Å²) in [5, 5.41) is 16.1. The summed E-state index contributed by atoms with van der Waals surface area (Å²) < 4.78 is 3.99. The van der Waals surface area contributed by atoms with E-state index in [0.29, 0.717) is 19.1 Å². The lowest BCUT2D eigenvalue weighted by molar-refractivity contribution is -0.120. The van der Waals surface area contributed by atoms with Gasteiger partial charge in [-0.15, -0.1) is 0 Å². The van der Waals surface area contributed by atoms with Crippen LogP contribution in [0.15, 0.2) is 61.3 Å². The Morgan fingerprint density at radius 2 is 1.95 bits per heavy atom. The molecule has 3 aromatic heterocycles. The topological polar surface area (TPSA) is 118 Å². The summed E-state index contributed by atoms with van der Waals surface area (Å²) in [6.07, 6.45) is 10.0. The molecule has 2 fully saturated rings. The number of β-amino-alcohol motifs (C(OH)–C–C–N with tert-alkyl or cyclic N) is 1. The van der Waals surface area contributed by atoms with Crippen LogP contribution in [0.3, 0.4) is 0 Å². The van der Waals surface area contributed by atoms with E-state index in [2.05, 4.69) is 56.1 Å². The van der Waals surface area contributed by atoms with Gasteiger partial charge in [0, 0.05) is 50.2 Å². The zero-order chi connectivity index (χ0) is 25.4. The van der Waals surface area contributed by atoms with Crippen molar-refractivity contribution >= 4 is 22.8 Å². The Balaban J connectivity index is 1.20. The Morgan fingerprint density at radius 3 is 2.65 bits per heavy atom. The van der Waals surface area contributed by atoms with Crippen molar-refractivity contribution in [2.45, 2.75) is 44.5 Å². The minimum atomic E-state index is -0.514. The van der Waals surface area contributed by atoms with Crippen molar-refractivity contribution in [3.05, 3.63) is 66.9 Å². The van der Waals surface area contributed by atoms with Crippen molar-refractivity contribution in [1.82, 2.24) is 29.2 Å². The summed E-state index contributed by atoms with van der Waals surface area (Å²) in [5.41, 5.74) is 8.47. The molecule has 2 atom stereocenters. The molecule has 6 rings (SSSR count). The number of benzene rings is 1. The van der Waals surface area contributed by atoms with Crippen molar-refractivity contribution in [3.63, 3.8) is 0 Å². The molecular weight excluding hydrogens is 468 g/mol. The number of fused-ring (bicyclic) bond motifs is 1. The van der Waals surface area contributed by atoms with E-state index in [4.69, 9.17) is 10.7 Å². The van der Waals surface area contributed by atoms with Crippen molar-refractivity contribution in [1.29, 1.82) is 0 Å². The van der Waals surface area contributed by atoms with Gasteiger partial charge in [0.15, 0.2) is 0 Å². The van der Waals surface area contributed by atoms with Gasteiger partial charge in [0.05, 0.1) is 23.7 Å². The number of nitrogens with zero attached hydrogens (tertiary/aromatic N) is 7. The average molecular weight is 501 g/mol. The van der Waals surface area contributed by atoms with Crippen LogP contribution < -0.4 is 10.6 Å². The molecule has 0 bridgehead atoms. The number of rotatable bonds is 9. The highest BCUT2D eigenvalue weighted by atomic mass is 16.3. The highest BCUT2D eigenvalue weighted by Crippen LogP contribution is 2.36. The molecule has 192 valence electrons. The Labute approximate surface area is 215 Å². The van der Waals surface area contributed by atoms with E-state index < -0.39 is 6.10 Å². The van der Waals surface area contributed by atoms with Crippen molar-refractivity contribution in [2.24, 2.45) is 11.7 Å². The number of likely N-dealkylation sites (tertiary alicyclic amines) is 1. The Morgan fingerprint density at radius 1 is 1.11 bits per heavy atom. The quantitative estimate of drug-likeness (QED) is 0.361. The van der Waals surface area contributed by atoms with E-state index in [1.54, 1.807) is 12.5 Å². The monoisotopic (exact) mass is 500 g/mol. The third kappa shape index (κ3) is 5.07. The lowest BCUT2D eigenvalue weighted by Gasteiger charge is -2.35. The summed E-state index contributed by atoms with van der Waals surface area (Å²) in [7, 11) is 0. The molecule has 3 N–H and O–H groups in total. The molecule has 1 amide bonds. The first-order valence-electron chi connectivity index (χ1n) is 12.9. The fraction of sp³-hybridized carbons (Fsp3) is 0.407. The molecule has 0 radical (unpaired) electrons. The molecule has 1 aliphatic heterocycles. The van der Waals surface area contributed by atoms with Crippen LogP contribution in [0.4, 0.5) is 5.82 Å². The minimum absolute atomic E-state index is 0.0889. The third-order valence-corrected chi connectivity index (χ3v) is 7.47. The molecule has 10 nitrogen and oxygen atoms in total. The van der Waals surface area contributed by atoms with Crippen molar-refractivity contribution in [3.8, 4) is 5.69 Å². The Bertz CT molecular complexity index is 1360. The van der Waals surface area contributed by atoms with E-state index in [-0.39, 0.29) is 18.4 Å². The number of carbonyl (C=O) groups excluding carboxylic acids is 1. The number of hydrogen-bond donors (Lipinski definition) is 2. The number of aromatic nitrogens is 5. The maximum Gasteiger partial charge on any atom is 0.231 e. The van der Waals surface area contributed by atoms with Crippen LogP contribution in [0.25, 0.3) is 16.7 Å². The van der Waals surface area contributed by atoms with Gasteiger partial charge in [-0.3, -0.25) is 9.69 Å². The SMILES string of the molecule is NC(=O)CN1CC[C@@H](Cn2ccc3c(N(Cc4ccc(-n5cccn5)cc4)C4CC4)ncnc32)[C@H](O)C1. The molecule has 1 aromatic carbocycles. The zero-order valence-electron chi connectivity index (χ0n) is 20.7. The third-order valence-electron chi connectivity index (χ3n) is 7.47. The minimum Gasteiger partial charge on any atom is -0.391 e. The van der Waals surface area contributed by atoms with E-state index in [9.17, 15) is 9.90 Å². The molecule has 0 unspecified atom stereocenters. The molecule has 1 aliphatic carbocycles. The lowest BCUT2D eigenvalue weighted by Crippen LogP contribution is -2.47. The summed E-state index contributed by atoms with van der Waals surface area (Å²) >= 11 is 0. The van der Waals surface area contributed by atoms with Crippen LogP contribution in [0.2, 0.25) is 0 Å². The largest absolute Gasteiger partial charge is 0.391 e. The number of hydrogen-bond acceptors (Lipinski definition) is 7. The van der Waals surface area contributed by atoms with Gasteiger partial charge in [0.25, 0.3) is 0 Å². The Hall–Kier alpha value is -3.76. The van der Waals surface area contributed by atoms with Gasteiger partial charge in [0.2, 0.25) is 5.91 Å². The molecule has 10 heteroatoms. The first kappa shape index (κ1) is 23.6. The first-order chi connectivity index (χ1) is 18.0. The highest BCUT2D eigenvalue weighted by Gasteiger charge is 2.32. The molecule has 1 saturated heterocycles. The van der Waals surface area contributed by atoms with Crippen LogP contribution in [0.5, 0.6) is 0 Å². The second-order valence-corrected chi connectivity index (χ2v) is 10.2. The molecule has 4 heterocycles. The lowest BCUT2D eigenvalue weighted by atomic mass is 9.93. The molecule has 37 heavy (non-hydrogen) atoms. The smallest absolute Gasteiger partial charge is 0.231 e. The summed E-state index contributed by atoms with van der Waals surface area (Å²) in [6.45, 7) is 2.85. The summed E-state index contributed by atoms with van der Waals surface area (Å²) in [6, 6.07) is 13.0. The van der Waals surface area contributed by atoms with E-state index in [1.165, 1.54) is 5.56 Å². The number of amides is 1. The zero-order valence-corrected chi connectivity index (χ0v) is 20.7. The first-order valence-corrected chi connectivity index (χ1v) is 12.9. The normalized spacial score (nSPS) is 20.4. The fourth-order valence-corrected chi connectivity index (χ4v) is 5.38. The van der Waals surface area contributed by atoms with Gasteiger partial charge >= 0.3 is 0 Å². The molecule has 1 saturated carbocycles. The number of nitrogens with two attached hydrogens (primary N) is 1. The predicted molar refractivity (Wildman–Crippen MR) is 140 cm³/mol. The van der Waals surface area contributed by atoms with Gasteiger partial charge in [-0.2, -0.15) is 5.10 Å². The predicted octanol–water partition coefficient (Wildman–Crippen LogP) is 1.95. The van der Waals surface area contributed by atoms with Gasteiger partial charge in [-0.05, 0) is 55.6 Å². The molecular formula is C27H32N8O2. The fourth-order valence-electron chi connectivity index (χ4n) is 5.38. The molecule has 4 aromatic rings. The van der Waals surface area contributed by atoms with Gasteiger partial charge < -0.3 is 20.3 Å². The Kier molecular flexibility index (Phi) is 6.35. The summed E-state index contributed by atoms with van der Waals surface area (Å²) in [4.78, 5) is 24.9. The van der Waals surface area contributed by atoms with Gasteiger partial charge in [-0.1, -0.05) is 12.1 Å². The number of carbonyl (C=O) groups is 1. The second kappa shape index (κ2) is 9.95. The highest BCUT2D eigenvalue weighted by molar-refractivity contribution is 5.88. The molecule has 2 aliphatic rings. The average Bonchev–Trinajstić information content (AvgIpc) is 3.41. The van der Waals surface area contributed by atoms with Gasteiger partial charge in [0.1, 0.15) is 17.8 Å². The maximum absolute atomic E-state index is 11.2. The molecule has 0 spiro atoms. The van der Waals surface area contributed by atoms with Crippen LogP contribution in [0, 0.1) is 5.92 Å². The van der Waals surface area contributed by atoms with Crippen LogP contribution in [-0.2, 0) is 17.9 Å². The van der Waals surface area contributed by atoms with Crippen LogP contribution in [0.1, 0.15) is 24.8 Å². The van der Waals surface area contributed by atoms with Crippen LogP contribution in [-0.4, -0.2) is 72.0 Å². The number of aliphatic hydroxyl groups is 1. The van der Waals surface area contributed by atoms with E-state index in [0.717, 1.165) is 54.9 Å². The maximum atomic E-state index is 11.2. The van der Waals surface area contributed by atoms with Crippen LogP contribution >= 0.6 is 0 Å². The number of primary amides is 1. The standard InChI is InChI=1S/C27H32N8O2/c28-25(37)17-32-12-8-20(24(36)16-32)15-33-13-9-23-26(33)29-18-30-27(23)34(21-6-7-21)14-19-2-4-22(5-3-19)35-11-1-10-31-35/h1-5,9-11,13,18,20-21,24,36H,6-8,12,14-17H2,(H2,28,37)/t20-,24+/m0/s1. The van der Waals surface area contributed by atoms with Crippen molar-refractivity contribution < 1.29 is 9.90 Å². The summed E-state index contributed by atoms with van der Waals surface area (Å²) in [5.74, 6) is 0.686. The number of piperidine rings is 1. The second-order valence-electron chi connectivity index (χ2n) is 10.2.